The van der Waals surface area contributed by atoms with E-state index in [1.54, 1.807) is 0 Å². The van der Waals surface area contributed by atoms with Crippen LogP contribution in [-0.4, -0.2) is 9.55 Å². The van der Waals surface area contributed by atoms with Gasteiger partial charge in [-0.3, -0.25) is 4.98 Å². The molecule has 0 N–H and O–H groups in total. The molecule has 3 heteroatoms. The molecule has 0 unspecified atom stereocenters. The number of rotatable bonds is 14. The standard InChI is InChI=1S/C51H51N3.2C2H6/c1-8-13-19-39(9-2)43-26-29-46(30-27-43)53(51-36-52-33-32-37(51)6)38(7)24-25-40(10-3)44-28-31-50-48(35-44)47-22-17-18-23-49(47)54(50)45(12-5)34-41(11-4)42-20-15-14-16-21-42;2*1-2/h10-12,14-36H,3-4,8-9,13H2,1-2,5-7H3;2*1-2H3/b38-24+,39-19+,40-25+,41-34+,45-12+;;. The second-order valence-electron chi connectivity index (χ2n) is 13.5. The van der Waals surface area contributed by atoms with Gasteiger partial charge in [0.1, 0.15) is 0 Å². The Balaban J connectivity index is 0.00000180. The fourth-order valence-corrected chi connectivity index (χ4v) is 7.16. The summed E-state index contributed by atoms with van der Waals surface area (Å²) in [6.45, 7) is 27.2. The summed E-state index contributed by atoms with van der Waals surface area (Å²) in [6.07, 6.45) is 22.1. The van der Waals surface area contributed by atoms with Crippen LogP contribution in [0.25, 0.3) is 44.2 Å². The number of unbranched alkanes of at least 4 members (excludes halogenated alkanes) is 1. The Hall–Kier alpha value is -6.19. The Morgan fingerprint density at radius 2 is 1.38 bits per heavy atom. The largest absolute Gasteiger partial charge is 0.313 e. The molecule has 58 heavy (non-hydrogen) atoms. The monoisotopic (exact) mass is 766 g/mol. The van der Waals surface area contributed by atoms with E-state index in [1.165, 1.54) is 21.9 Å². The van der Waals surface area contributed by atoms with Crippen LogP contribution in [0.2, 0.25) is 0 Å². The highest BCUT2D eigenvalue weighted by molar-refractivity contribution is 6.11. The highest BCUT2D eigenvalue weighted by atomic mass is 15.2. The summed E-state index contributed by atoms with van der Waals surface area (Å²) in [4.78, 5) is 6.80. The van der Waals surface area contributed by atoms with Crippen molar-refractivity contribution < 1.29 is 0 Å². The average molecular weight is 766 g/mol. The minimum atomic E-state index is 1.02. The molecule has 0 spiro atoms. The zero-order chi connectivity index (χ0) is 42.0. The molecule has 0 aliphatic rings. The number of benzene rings is 4. The predicted octanol–water partition coefficient (Wildman–Crippen LogP) is 16.6. The first kappa shape index (κ1) is 44.5. The highest BCUT2D eigenvalue weighted by Gasteiger charge is 2.16. The molecule has 0 radical (unpaired) electrons. The van der Waals surface area contributed by atoms with Gasteiger partial charge in [0.05, 0.1) is 22.9 Å². The van der Waals surface area contributed by atoms with E-state index in [2.05, 4.69) is 190 Å². The van der Waals surface area contributed by atoms with Crippen molar-refractivity contribution in [1.82, 2.24) is 9.55 Å². The molecule has 0 fully saturated rings. The minimum absolute atomic E-state index is 1.02. The smallest absolute Gasteiger partial charge is 0.0670 e. The second-order valence-corrected chi connectivity index (χ2v) is 13.5. The van der Waals surface area contributed by atoms with E-state index in [0.29, 0.717) is 0 Å². The molecule has 0 atom stereocenters. The Morgan fingerprint density at radius 1 is 0.724 bits per heavy atom. The van der Waals surface area contributed by atoms with E-state index >= 15 is 0 Å². The first-order valence-corrected chi connectivity index (χ1v) is 21.0. The van der Waals surface area contributed by atoms with E-state index < -0.39 is 0 Å². The van der Waals surface area contributed by atoms with Crippen molar-refractivity contribution in [2.45, 2.75) is 81.6 Å². The van der Waals surface area contributed by atoms with E-state index in [-0.39, 0.29) is 0 Å². The summed E-state index contributed by atoms with van der Waals surface area (Å²) < 4.78 is 2.35. The van der Waals surface area contributed by atoms with Crippen LogP contribution < -0.4 is 4.90 Å². The Kier molecular flexibility index (Phi) is 17.3. The Bertz CT molecular complexity index is 2430. The number of hydrogen-bond acceptors (Lipinski definition) is 2. The van der Waals surface area contributed by atoms with Gasteiger partial charge in [0.25, 0.3) is 0 Å². The molecule has 2 aromatic heterocycles. The number of anilines is 2. The molecule has 0 aliphatic carbocycles. The van der Waals surface area contributed by atoms with Gasteiger partial charge >= 0.3 is 0 Å². The lowest BCUT2D eigenvalue weighted by Crippen LogP contribution is -2.15. The summed E-state index contributed by atoms with van der Waals surface area (Å²) in [5, 5.41) is 2.39. The van der Waals surface area contributed by atoms with Crippen LogP contribution in [0.3, 0.4) is 0 Å². The number of nitrogens with zero attached hydrogens (tertiary/aromatic N) is 3. The molecule has 298 valence electrons. The van der Waals surface area contributed by atoms with Crippen molar-refractivity contribution in [1.29, 1.82) is 0 Å². The van der Waals surface area contributed by atoms with Gasteiger partial charge < -0.3 is 9.47 Å². The number of aromatic nitrogens is 2. The van der Waals surface area contributed by atoms with Crippen LogP contribution in [0.15, 0.2) is 177 Å². The molecule has 0 amide bonds. The average Bonchev–Trinajstić information content (AvgIpc) is 3.61. The first-order valence-electron chi connectivity index (χ1n) is 21.0. The number of pyridine rings is 1. The topological polar surface area (TPSA) is 21.1 Å². The third-order valence-electron chi connectivity index (χ3n) is 10.1. The van der Waals surface area contributed by atoms with Crippen LogP contribution in [0.4, 0.5) is 11.4 Å². The number of para-hydroxylation sites is 1. The van der Waals surface area contributed by atoms with Crippen LogP contribution >= 0.6 is 0 Å². The summed E-state index contributed by atoms with van der Waals surface area (Å²) >= 11 is 0. The molecule has 2 heterocycles. The molecular weight excluding hydrogens is 703 g/mol. The van der Waals surface area contributed by atoms with Crippen molar-refractivity contribution in [3.63, 3.8) is 0 Å². The lowest BCUT2D eigenvalue weighted by Gasteiger charge is -2.27. The Morgan fingerprint density at radius 3 is 2.02 bits per heavy atom. The van der Waals surface area contributed by atoms with Gasteiger partial charge in [0.2, 0.25) is 0 Å². The fourth-order valence-electron chi connectivity index (χ4n) is 7.16. The molecule has 4 aromatic carbocycles. The molecular formula is C55H63N3. The number of fused-ring (bicyclic) bond motifs is 3. The summed E-state index contributed by atoms with van der Waals surface area (Å²) in [5.74, 6) is 0. The molecule has 0 bridgehead atoms. The number of aryl methyl sites for hydroxylation is 1. The molecule has 6 rings (SSSR count). The van der Waals surface area contributed by atoms with Gasteiger partial charge in [-0.25, -0.2) is 0 Å². The molecule has 0 aliphatic heterocycles. The van der Waals surface area contributed by atoms with Crippen molar-refractivity contribution in [3.05, 3.63) is 199 Å². The third-order valence-corrected chi connectivity index (χ3v) is 10.1. The minimum Gasteiger partial charge on any atom is -0.313 e. The fraction of sp³-hybridized carbons (Fsp3) is 0.218. The highest BCUT2D eigenvalue weighted by Crippen LogP contribution is 2.36. The van der Waals surface area contributed by atoms with Crippen molar-refractivity contribution >= 4 is 55.6 Å². The third kappa shape index (κ3) is 10.2. The maximum Gasteiger partial charge on any atom is 0.0670 e. The van der Waals surface area contributed by atoms with Gasteiger partial charge in [-0.2, -0.15) is 0 Å². The van der Waals surface area contributed by atoms with Crippen LogP contribution in [-0.2, 0) is 0 Å². The normalized spacial score (nSPS) is 12.4. The van der Waals surface area contributed by atoms with E-state index in [1.807, 2.05) is 58.3 Å². The number of allylic oxidation sites excluding steroid dienone is 12. The Labute approximate surface area is 349 Å². The predicted molar refractivity (Wildman–Crippen MR) is 259 cm³/mol. The van der Waals surface area contributed by atoms with E-state index in [9.17, 15) is 0 Å². The van der Waals surface area contributed by atoms with Gasteiger partial charge in [0, 0.05) is 34.1 Å². The van der Waals surface area contributed by atoms with Gasteiger partial charge in [-0.05, 0) is 121 Å². The summed E-state index contributed by atoms with van der Waals surface area (Å²) in [5.41, 5.74) is 14.8. The molecule has 3 nitrogen and oxygen atoms in total. The van der Waals surface area contributed by atoms with Gasteiger partial charge in [-0.15, -0.1) is 0 Å². The number of hydrogen-bond donors (Lipinski definition) is 0. The first-order chi connectivity index (χ1) is 28.4. The lowest BCUT2D eigenvalue weighted by atomic mass is 10.0. The lowest BCUT2D eigenvalue weighted by molar-refractivity contribution is 0.955. The molecule has 0 saturated carbocycles. The van der Waals surface area contributed by atoms with E-state index in [4.69, 9.17) is 0 Å². The van der Waals surface area contributed by atoms with Gasteiger partial charge in [0.15, 0.2) is 0 Å². The van der Waals surface area contributed by atoms with Crippen molar-refractivity contribution in [2.24, 2.45) is 0 Å². The quantitative estimate of drug-likeness (QED) is 0.103. The summed E-state index contributed by atoms with van der Waals surface area (Å²) in [7, 11) is 0. The van der Waals surface area contributed by atoms with Crippen molar-refractivity contribution in [2.75, 3.05) is 4.90 Å². The van der Waals surface area contributed by atoms with Crippen LogP contribution in [0, 0.1) is 6.92 Å². The molecule has 0 saturated heterocycles. The van der Waals surface area contributed by atoms with Gasteiger partial charge in [-0.1, -0.05) is 158 Å². The van der Waals surface area contributed by atoms with Crippen LogP contribution in [0.5, 0.6) is 0 Å². The van der Waals surface area contributed by atoms with Crippen LogP contribution in [0.1, 0.15) is 96.9 Å². The zero-order valence-corrected chi connectivity index (χ0v) is 36.4. The van der Waals surface area contributed by atoms with E-state index in [0.717, 1.165) is 80.9 Å². The van der Waals surface area contributed by atoms with Crippen molar-refractivity contribution in [3.8, 4) is 0 Å². The second kappa shape index (κ2) is 22.5. The molecule has 6 aromatic rings. The SMILES string of the molecule is C=C/C(=C\C(=C/C)n1c2ccccc2c2cc(/C(C=C)=C/C=C(\C)N(c3ccc(/C(=C/CCC)CC)cc3)c3cnccc3C)ccc21)c1ccccc1.CC.CC. The maximum absolute atomic E-state index is 4.51. The summed E-state index contributed by atoms with van der Waals surface area (Å²) in [6, 6.07) is 36.8. The maximum atomic E-state index is 4.51. The zero-order valence-electron chi connectivity index (χ0n) is 36.4.